The Labute approximate surface area is 88.9 Å². The SMILES string of the molecule is CCC1C[C@H]2CC[C@@H](C1)N2C(C)(C)C. The molecule has 2 aliphatic rings. The van der Waals surface area contributed by atoms with E-state index in [1.807, 2.05) is 0 Å². The predicted octanol–water partition coefficient (Wildman–Crippen LogP) is 3.44. The number of piperidine rings is 1. The molecular weight excluding hydrogens is 170 g/mol. The van der Waals surface area contributed by atoms with E-state index in [4.69, 9.17) is 0 Å². The van der Waals surface area contributed by atoms with Crippen molar-refractivity contribution in [3.63, 3.8) is 0 Å². The average molecular weight is 195 g/mol. The summed E-state index contributed by atoms with van der Waals surface area (Å²) in [6, 6.07) is 1.80. The van der Waals surface area contributed by atoms with Crippen molar-refractivity contribution in [2.45, 2.75) is 77.4 Å². The number of rotatable bonds is 1. The summed E-state index contributed by atoms with van der Waals surface area (Å²) >= 11 is 0. The van der Waals surface area contributed by atoms with Crippen LogP contribution >= 0.6 is 0 Å². The van der Waals surface area contributed by atoms with Crippen molar-refractivity contribution in [2.75, 3.05) is 0 Å². The van der Waals surface area contributed by atoms with Gasteiger partial charge >= 0.3 is 0 Å². The van der Waals surface area contributed by atoms with Crippen molar-refractivity contribution < 1.29 is 0 Å². The van der Waals surface area contributed by atoms with Crippen LogP contribution in [0.25, 0.3) is 0 Å². The maximum absolute atomic E-state index is 2.80. The van der Waals surface area contributed by atoms with Crippen molar-refractivity contribution >= 4 is 0 Å². The van der Waals surface area contributed by atoms with Crippen LogP contribution in [0.1, 0.15) is 59.8 Å². The van der Waals surface area contributed by atoms with Gasteiger partial charge in [0.15, 0.2) is 0 Å². The fourth-order valence-electron chi connectivity index (χ4n) is 3.72. The Morgan fingerprint density at radius 2 is 1.57 bits per heavy atom. The maximum atomic E-state index is 2.80. The highest BCUT2D eigenvalue weighted by molar-refractivity contribution is 4.99. The van der Waals surface area contributed by atoms with Crippen molar-refractivity contribution in [2.24, 2.45) is 5.92 Å². The van der Waals surface area contributed by atoms with Gasteiger partial charge in [-0.1, -0.05) is 13.3 Å². The number of hydrogen-bond acceptors (Lipinski definition) is 1. The van der Waals surface area contributed by atoms with Crippen LogP contribution in [-0.4, -0.2) is 22.5 Å². The van der Waals surface area contributed by atoms with Gasteiger partial charge in [0.1, 0.15) is 0 Å². The molecule has 0 aromatic rings. The van der Waals surface area contributed by atoms with Gasteiger partial charge in [0.05, 0.1) is 0 Å². The average Bonchev–Trinajstić information content (AvgIpc) is 2.38. The molecule has 0 aromatic carbocycles. The highest BCUT2D eigenvalue weighted by atomic mass is 15.3. The summed E-state index contributed by atoms with van der Waals surface area (Å²) in [7, 11) is 0. The van der Waals surface area contributed by atoms with Gasteiger partial charge in [-0.3, -0.25) is 4.90 Å². The van der Waals surface area contributed by atoms with Gasteiger partial charge in [0.25, 0.3) is 0 Å². The van der Waals surface area contributed by atoms with E-state index < -0.39 is 0 Å². The van der Waals surface area contributed by atoms with Gasteiger partial charge in [-0.05, 0) is 52.4 Å². The molecule has 2 bridgehead atoms. The highest BCUT2D eigenvalue weighted by Gasteiger charge is 2.44. The van der Waals surface area contributed by atoms with E-state index in [1.165, 1.54) is 32.1 Å². The summed E-state index contributed by atoms with van der Waals surface area (Å²) in [5.41, 5.74) is 0.393. The van der Waals surface area contributed by atoms with Crippen LogP contribution in [0.5, 0.6) is 0 Å². The highest BCUT2D eigenvalue weighted by Crippen LogP contribution is 2.43. The first kappa shape index (κ1) is 10.5. The third kappa shape index (κ3) is 1.71. The zero-order valence-corrected chi connectivity index (χ0v) is 10.2. The van der Waals surface area contributed by atoms with Crippen LogP contribution < -0.4 is 0 Å². The van der Waals surface area contributed by atoms with Crippen LogP contribution in [-0.2, 0) is 0 Å². The normalized spacial score (nSPS) is 39.0. The lowest BCUT2D eigenvalue weighted by molar-refractivity contribution is 0.0215. The molecular formula is C13H25N. The molecule has 14 heavy (non-hydrogen) atoms. The molecule has 0 aromatic heterocycles. The molecule has 0 saturated carbocycles. The fourth-order valence-corrected chi connectivity index (χ4v) is 3.72. The molecule has 0 spiro atoms. The second-order valence-electron chi connectivity index (χ2n) is 6.21. The van der Waals surface area contributed by atoms with Gasteiger partial charge in [0.2, 0.25) is 0 Å². The molecule has 1 unspecified atom stereocenters. The summed E-state index contributed by atoms with van der Waals surface area (Å²) in [4.78, 5) is 2.80. The molecule has 2 fully saturated rings. The van der Waals surface area contributed by atoms with E-state index in [0.717, 1.165) is 18.0 Å². The zero-order valence-electron chi connectivity index (χ0n) is 10.2. The second kappa shape index (κ2) is 3.52. The Morgan fingerprint density at radius 1 is 1.07 bits per heavy atom. The van der Waals surface area contributed by atoms with Crippen molar-refractivity contribution in [3.05, 3.63) is 0 Å². The summed E-state index contributed by atoms with van der Waals surface area (Å²) in [5, 5.41) is 0. The molecule has 2 heterocycles. The minimum absolute atomic E-state index is 0.393. The lowest BCUT2D eigenvalue weighted by atomic mass is 9.86. The standard InChI is InChI=1S/C13H25N/c1-5-10-8-11-6-7-12(9-10)14(11)13(2,3)4/h10-12H,5-9H2,1-4H3/t10?,11-,12+. The molecule has 3 atom stereocenters. The monoisotopic (exact) mass is 195 g/mol. The molecule has 1 nitrogen and oxygen atoms in total. The Morgan fingerprint density at radius 3 is 1.93 bits per heavy atom. The van der Waals surface area contributed by atoms with Gasteiger partial charge < -0.3 is 0 Å². The number of nitrogens with zero attached hydrogens (tertiary/aromatic N) is 1. The summed E-state index contributed by atoms with van der Waals surface area (Å²) in [6.07, 6.45) is 7.23. The largest absolute Gasteiger partial charge is 0.293 e. The van der Waals surface area contributed by atoms with E-state index in [2.05, 4.69) is 32.6 Å². The lowest BCUT2D eigenvalue weighted by Crippen LogP contribution is -2.52. The van der Waals surface area contributed by atoms with Gasteiger partial charge in [-0.25, -0.2) is 0 Å². The van der Waals surface area contributed by atoms with Gasteiger partial charge in [-0.2, -0.15) is 0 Å². The first-order chi connectivity index (χ1) is 6.52. The fraction of sp³-hybridized carbons (Fsp3) is 1.00. The number of hydrogen-bond donors (Lipinski definition) is 0. The van der Waals surface area contributed by atoms with Crippen molar-refractivity contribution in [1.29, 1.82) is 0 Å². The van der Waals surface area contributed by atoms with E-state index in [0.29, 0.717) is 5.54 Å². The maximum Gasteiger partial charge on any atom is 0.0130 e. The van der Waals surface area contributed by atoms with Crippen LogP contribution in [0.15, 0.2) is 0 Å². The van der Waals surface area contributed by atoms with E-state index in [1.54, 1.807) is 0 Å². The third-order valence-electron chi connectivity index (χ3n) is 4.18. The van der Waals surface area contributed by atoms with E-state index in [-0.39, 0.29) is 0 Å². The molecule has 82 valence electrons. The molecule has 2 aliphatic heterocycles. The Balaban J connectivity index is 2.10. The molecule has 0 radical (unpaired) electrons. The molecule has 2 rings (SSSR count). The molecule has 0 aliphatic carbocycles. The minimum Gasteiger partial charge on any atom is -0.293 e. The summed E-state index contributed by atoms with van der Waals surface area (Å²) in [6.45, 7) is 9.50. The first-order valence-electron chi connectivity index (χ1n) is 6.30. The van der Waals surface area contributed by atoms with Crippen LogP contribution in [0.3, 0.4) is 0 Å². The third-order valence-corrected chi connectivity index (χ3v) is 4.18. The molecule has 1 heteroatoms. The Kier molecular flexibility index (Phi) is 2.63. The predicted molar refractivity (Wildman–Crippen MR) is 61.4 cm³/mol. The smallest absolute Gasteiger partial charge is 0.0130 e. The number of fused-ring (bicyclic) bond motifs is 2. The van der Waals surface area contributed by atoms with Crippen LogP contribution in [0.4, 0.5) is 0 Å². The topological polar surface area (TPSA) is 3.24 Å². The first-order valence-corrected chi connectivity index (χ1v) is 6.30. The minimum atomic E-state index is 0.393. The molecule has 0 amide bonds. The Bertz CT molecular complexity index is 190. The second-order valence-corrected chi connectivity index (χ2v) is 6.21. The van der Waals surface area contributed by atoms with Gasteiger partial charge in [0, 0.05) is 17.6 Å². The lowest BCUT2D eigenvalue weighted by Gasteiger charge is -2.46. The van der Waals surface area contributed by atoms with Crippen molar-refractivity contribution in [3.8, 4) is 0 Å². The van der Waals surface area contributed by atoms with Crippen molar-refractivity contribution in [1.82, 2.24) is 4.90 Å². The summed E-state index contributed by atoms with van der Waals surface area (Å²) in [5.74, 6) is 1.02. The molecule has 2 saturated heterocycles. The van der Waals surface area contributed by atoms with Crippen LogP contribution in [0, 0.1) is 5.92 Å². The van der Waals surface area contributed by atoms with Crippen LogP contribution in [0.2, 0.25) is 0 Å². The van der Waals surface area contributed by atoms with Gasteiger partial charge in [-0.15, -0.1) is 0 Å². The molecule has 0 N–H and O–H groups in total. The summed E-state index contributed by atoms with van der Waals surface area (Å²) < 4.78 is 0. The van der Waals surface area contributed by atoms with E-state index >= 15 is 0 Å². The zero-order chi connectivity index (χ0) is 10.3. The quantitative estimate of drug-likeness (QED) is 0.619. The van der Waals surface area contributed by atoms with E-state index in [9.17, 15) is 0 Å². The Hall–Kier alpha value is -0.0400.